The van der Waals surface area contributed by atoms with Gasteiger partial charge in [0.25, 0.3) is 0 Å². The van der Waals surface area contributed by atoms with Gasteiger partial charge in [-0.1, -0.05) is 31.2 Å². The van der Waals surface area contributed by atoms with Crippen molar-refractivity contribution in [2.75, 3.05) is 18.0 Å². The Labute approximate surface area is 165 Å². The molecule has 152 valence electrons. The molecule has 28 heavy (non-hydrogen) atoms. The van der Waals surface area contributed by atoms with Gasteiger partial charge in [0.1, 0.15) is 11.9 Å². The smallest absolute Gasteiger partial charge is 0.227 e. The van der Waals surface area contributed by atoms with Gasteiger partial charge in [0, 0.05) is 25.6 Å². The van der Waals surface area contributed by atoms with E-state index in [1.807, 2.05) is 11.5 Å². The first-order valence-electron chi connectivity index (χ1n) is 9.84. The molecule has 0 bridgehead atoms. The van der Waals surface area contributed by atoms with Crippen LogP contribution in [0.25, 0.3) is 0 Å². The van der Waals surface area contributed by atoms with Gasteiger partial charge in [0.15, 0.2) is 5.82 Å². The van der Waals surface area contributed by atoms with Crippen LogP contribution in [0.1, 0.15) is 56.5 Å². The van der Waals surface area contributed by atoms with Gasteiger partial charge >= 0.3 is 0 Å². The van der Waals surface area contributed by atoms with Crippen molar-refractivity contribution >= 4 is 5.95 Å². The second kappa shape index (κ2) is 8.41. The van der Waals surface area contributed by atoms with Crippen molar-refractivity contribution in [3.05, 3.63) is 54.1 Å². The lowest BCUT2D eigenvalue weighted by Gasteiger charge is -2.38. The molecule has 2 aromatic rings. The number of hydrogen-bond donors (Lipinski definition) is 2. The van der Waals surface area contributed by atoms with Crippen LogP contribution in [0, 0.1) is 5.82 Å². The van der Waals surface area contributed by atoms with Crippen LogP contribution < -0.4 is 4.90 Å². The van der Waals surface area contributed by atoms with Gasteiger partial charge in [-0.15, -0.1) is 16.8 Å². The normalized spacial score (nSPS) is 18.7. The van der Waals surface area contributed by atoms with Crippen molar-refractivity contribution < 1.29 is 14.6 Å². The summed E-state index contributed by atoms with van der Waals surface area (Å²) in [6.07, 6.45) is 2.60. The molecule has 2 atom stereocenters. The van der Waals surface area contributed by atoms with E-state index < -0.39 is 17.6 Å². The Bertz CT molecular complexity index is 814. The Morgan fingerprint density at radius 2 is 1.96 bits per heavy atom. The van der Waals surface area contributed by atoms with Crippen LogP contribution in [-0.2, 0) is 6.54 Å². The fourth-order valence-electron chi connectivity index (χ4n) is 3.90. The molecule has 2 N–H and O–H groups in total. The number of aliphatic hydroxyl groups is 2. The number of nitrogens with zero attached hydrogens (tertiary/aromatic N) is 4. The average molecular weight is 388 g/mol. The molecule has 1 aliphatic rings. The summed E-state index contributed by atoms with van der Waals surface area (Å²) in [5.74, 6) is 0.315. The van der Waals surface area contributed by atoms with E-state index in [1.165, 1.54) is 6.07 Å². The summed E-state index contributed by atoms with van der Waals surface area (Å²) in [5.41, 5.74) is -0.258. The predicted molar refractivity (Wildman–Crippen MR) is 107 cm³/mol. The molecule has 2 heterocycles. The van der Waals surface area contributed by atoms with Crippen molar-refractivity contribution in [2.24, 2.45) is 0 Å². The number of halogens is 1. The SMILES string of the molecule is C=CCC1(O)CCN(c2nnc(C(O)C(C)c3ccccc3F)n2CC)CC1. The third kappa shape index (κ3) is 3.95. The largest absolute Gasteiger partial charge is 0.389 e. The summed E-state index contributed by atoms with van der Waals surface area (Å²) >= 11 is 0. The van der Waals surface area contributed by atoms with E-state index in [9.17, 15) is 14.6 Å². The van der Waals surface area contributed by atoms with Crippen LogP contribution in [0.5, 0.6) is 0 Å². The summed E-state index contributed by atoms with van der Waals surface area (Å²) < 4.78 is 16.0. The number of anilines is 1. The summed E-state index contributed by atoms with van der Waals surface area (Å²) in [7, 11) is 0. The van der Waals surface area contributed by atoms with Gasteiger partial charge in [-0.05, 0) is 37.8 Å². The van der Waals surface area contributed by atoms with E-state index in [1.54, 1.807) is 31.2 Å². The third-order valence-corrected chi connectivity index (χ3v) is 5.71. The molecule has 6 nitrogen and oxygen atoms in total. The van der Waals surface area contributed by atoms with E-state index >= 15 is 0 Å². The fraction of sp³-hybridized carbons (Fsp3) is 0.524. The Kier molecular flexibility index (Phi) is 6.15. The van der Waals surface area contributed by atoms with Crippen LogP contribution in [-0.4, -0.2) is 43.7 Å². The number of aromatic nitrogens is 3. The van der Waals surface area contributed by atoms with Crippen molar-refractivity contribution in [1.82, 2.24) is 14.8 Å². The average Bonchev–Trinajstić information content (AvgIpc) is 3.12. The molecular weight excluding hydrogens is 359 g/mol. The van der Waals surface area contributed by atoms with Crippen molar-refractivity contribution in [3.63, 3.8) is 0 Å². The quantitative estimate of drug-likeness (QED) is 0.713. The van der Waals surface area contributed by atoms with Crippen LogP contribution in [0.4, 0.5) is 10.3 Å². The molecule has 1 aromatic carbocycles. The highest BCUT2D eigenvalue weighted by Crippen LogP contribution is 2.34. The lowest BCUT2D eigenvalue weighted by atomic mass is 9.88. The zero-order valence-corrected chi connectivity index (χ0v) is 16.6. The molecule has 0 radical (unpaired) electrons. The molecule has 1 fully saturated rings. The van der Waals surface area contributed by atoms with Crippen LogP contribution >= 0.6 is 0 Å². The molecule has 0 saturated carbocycles. The highest BCUT2D eigenvalue weighted by atomic mass is 19.1. The fourth-order valence-corrected chi connectivity index (χ4v) is 3.90. The summed E-state index contributed by atoms with van der Waals surface area (Å²) in [5, 5.41) is 30.0. The van der Waals surface area contributed by atoms with Crippen LogP contribution in [0.3, 0.4) is 0 Å². The molecule has 1 aromatic heterocycles. The first kappa shape index (κ1) is 20.5. The van der Waals surface area contributed by atoms with Crippen molar-refractivity contribution in [2.45, 2.75) is 57.3 Å². The zero-order valence-electron chi connectivity index (χ0n) is 16.6. The van der Waals surface area contributed by atoms with Gasteiger partial charge in [0.2, 0.25) is 5.95 Å². The van der Waals surface area contributed by atoms with Crippen molar-refractivity contribution in [3.8, 4) is 0 Å². The van der Waals surface area contributed by atoms with Crippen LogP contribution in [0.15, 0.2) is 36.9 Å². The van der Waals surface area contributed by atoms with E-state index in [2.05, 4.69) is 21.7 Å². The van der Waals surface area contributed by atoms with Crippen LogP contribution in [0.2, 0.25) is 0 Å². The summed E-state index contributed by atoms with van der Waals surface area (Å²) in [6, 6.07) is 6.47. The van der Waals surface area contributed by atoms with Gasteiger partial charge in [-0.2, -0.15) is 0 Å². The molecule has 1 saturated heterocycles. The number of hydrogen-bond acceptors (Lipinski definition) is 5. The summed E-state index contributed by atoms with van der Waals surface area (Å²) in [6.45, 7) is 9.37. The van der Waals surface area contributed by atoms with Gasteiger partial charge < -0.3 is 15.1 Å². The minimum atomic E-state index is -0.972. The maximum absolute atomic E-state index is 14.1. The predicted octanol–water partition coefficient (Wildman–Crippen LogP) is 3.18. The minimum absolute atomic E-state index is 0.339. The number of benzene rings is 1. The zero-order chi connectivity index (χ0) is 20.3. The molecule has 0 amide bonds. The molecule has 0 aliphatic carbocycles. The highest BCUT2D eigenvalue weighted by Gasteiger charge is 2.34. The Hall–Kier alpha value is -2.25. The van der Waals surface area contributed by atoms with E-state index in [0.29, 0.717) is 56.2 Å². The lowest BCUT2D eigenvalue weighted by Crippen LogP contribution is -2.45. The molecule has 1 aliphatic heterocycles. The monoisotopic (exact) mass is 388 g/mol. The van der Waals surface area contributed by atoms with E-state index in [0.717, 1.165) is 0 Å². The van der Waals surface area contributed by atoms with Gasteiger partial charge in [-0.25, -0.2) is 4.39 Å². The maximum atomic E-state index is 14.1. The Balaban J connectivity index is 1.81. The van der Waals surface area contributed by atoms with E-state index in [-0.39, 0.29) is 5.82 Å². The molecule has 2 unspecified atom stereocenters. The maximum Gasteiger partial charge on any atom is 0.227 e. The topological polar surface area (TPSA) is 74.4 Å². The van der Waals surface area contributed by atoms with E-state index in [4.69, 9.17) is 0 Å². The number of aliphatic hydroxyl groups excluding tert-OH is 1. The summed E-state index contributed by atoms with van der Waals surface area (Å²) in [4.78, 5) is 2.08. The lowest BCUT2D eigenvalue weighted by molar-refractivity contribution is 0.0188. The van der Waals surface area contributed by atoms with Gasteiger partial charge in [0.05, 0.1) is 5.60 Å². The standard InChI is InChI=1S/C21H29FN4O2/c1-4-10-21(28)11-13-25(14-12-21)20-24-23-19(26(20)5-2)18(27)15(3)16-8-6-7-9-17(16)22/h4,6-9,15,18,27-28H,1,5,10-14H2,2-3H3. The Morgan fingerprint density at radius 1 is 1.29 bits per heavy atom. The molecule has 3 rings (SSSR count). The second-order valence-electron chi connectivity index (χ2n) is 7.56. The Morgan fingerprint density at radius 3 is 2.57 bits per heavy atom. The number of piperidine rings is 1. The van der Waals surface area contributed by atoms with Crippen molar-refractivity contribution in [1.29, 1.82) is 0 Å². The third-order valence-electron chi connectivity index (χ3n) is 5.71. The molecule has 7 heteroatoms. The number of rotatable bonds is 7. The highest BCUT2D eigenvalue weighted by molar-refractivity contribution is 5.34. The molecule has 0 spiro atoms. The first-order valence-corrected chi connectivity index (χ1v) is 9.84. The second-order valence-corrected chi connectivity index (χ2v) is 7.56. The minimum Gasteiger partial charge on any atom is -0.389 e. The first-order chi connectivity index (χ1) is 13.4. The molecular formula is C21H29FN4O2. The van der Waals surface area contributed by atoms with Gasteiger partial charge in [-0.3, -0.25) is 4.57 Å².